The number of carbonyl (C=O) groups is 3. The summed E-state index contributed by atoms with van der Waals surface area (Å²) >= 11 is 1.11. The number of benzene rings is 1. The third-order valence-electron chi connectivity index (χ3n) is 4.08. The minimum absolute atomic E-state index is 0.0521. The fraction of sp³-hybridized carbons (Fsp3) is 0.200. The molecule has 0 spiro atoms. The zero-order chi connectivity index (χ0) is 20.3. The predicted molar refractivity (Wildman–Crippen MR) is 106 cm³/mol. The molecule has 0 aliphatic heterocycles. The number of esters is 1. The molecule has 2 heterocycles. The lowest BCUT2D eigenvalue weighted by Crippen LogP contribution is -2.15. The topological polar surface area (TPSA) is 90.3 Å². The van der Waals surface area contributed by atoms with E-state index < -0.39 is 5.97 Å². The van der Waals surface area contributed by atoms with E-state index in [9.17, 15) is 14.4 Å². The second-order valence-electron chi connectivity index (χ2n) is 6.17. The molecule has 1 N–H and O–H groups in total. The number of rotatable bonds is 6. The first-order valence-electron chi connectivity index (χ1n) is 8.54. The van der Waals surface area contributed by atoms with Crippen LogP contribution in [0.25, 0.3) is 5.69 Å². The minimum Gasteiger partial charge on any atom is -0.453 e. The number of nitrogens with one attached hydrogen (secondary N) is 1. The first kappa shape index (κ1) is 19.5. The maximum atomic E-state index is 12.6. The van der Waals surface area contributed by atoms with Gasteiger partial charge in [-0.1, -0.05) is 18.2 Å². The summed E-state index contributed by atoms with van der Waals surface area (Å²) in [5, 5.41) is 4.27. The van der Waals surface area contributed by atoms with Gasteiger partial charge >= 0.3 is 5.97 Å². The van der Waals surface area contributed by atoms with E-state index in [4.69, 9.17) is 4.74 Å². The van der Waals surface area contributed by atoms with Crippen LogP contribution in [-0.4, -0.2) is 33.8 Å². The van der Waals surface area contributed by atoms with E-state index in [2.05, 4.69) is 10.3 Å². The number of hydrogen-bond donors (Lipinski definition) is 1. The van der Waals surface area contributed by atoms with Crippen molar-refractivity contribution in [3.8, 4) is 5.69 Å². The van der Waals surface area contributed by atoms with Crippen LogP contribution >= 0.6 is 11.3 Å². The summed E-state index contributed by atoms with van der Waals surface area (Å²) in [6.45, 7) is 4.74. The monoisotopic (exact) mass is 397 g/mol. The fourth-order valence-corrected chi connectivity index (χ4v) is 3.60. The Hall–Kier alpha value is -3.26. The Balaban J connectivity index is 1.69. The van der Waals surface area contributed by atoms with Gasteiger partial charge in [0.15, 0.2) is 17.4 Å². The molecular formula is C20H19N3O4S. The van der Waals surface area contributed by atoms with Crippen molar-refractivity contribution in [2.24, 2.45) is 0 Å². The number of nitrogens with zero attached hydrogens (tertiary/aromatic N) is 2. The van der Waals surface area contributed by atoms with E-state index >= 15 is 0 Å². The number of ether oxygens (including phenoxy) is 1. The molecule has 0 atom stereocenters. The summed E-state index contributed by atoms with van der Waals surface area (Å²) in [7, 11) is 0. The van der Waals surface area contributed by atoms with E-state index in [-0.39, 0.29) is 24.0 Å². The molecule has 0 saturated heterocycles. The lowest BCUT2D eigenvalue weighted by molar-refractivity contribution is -0.114. The molecule has 0 fully saturated rings. The van der Waals surface area contributed by atoms with Gasteiger partial charge in [0.05, 0.1) is 0 Å². The SMILES string of the molecule is CC(=O)Nc1nc(C(=O)OCC(=O)c2cc(C)n(-c3ccccc3)c2C)cs1. The summed E-state index contributed by atoms with van der Waals surface area (Å²) in [5.41, 5.74) is 3.22. The Bertz CT molecular complexity index is 1040. The van der Waals surface area contributed by atoms with Crippen molar-refractivity contribution in [2.75, 3.05) is 11.9 Å². The van der Waals surface area contributed by atoms with E-state index in [1.807, 2.05) is 48.7 Å². The predicted octanol–water partition coefficient (Wildman–Crippen LogP) is 3.55. The average molecular weight is 397 g/mol. The molecule has 144 valence electrons. The van der Waals surface area contributed by atoms with Gasteiger partial charge in [-0.3, -0.25) is 9.59 Å². The second kappa shape index (κ2) is 8.18. The number of ketones is 1. The molecule has 8 heteroatoms. The van der Waals surface area contributed by atoms with E-state index in [1.54, 1.807) is 6.07 Å². The molecule has 1 aromatic carbocycles. The zero-order valence-electron chi connectivity index (χ0n) is 15.7. The van der Waals surface area contributed by atoms with Gasteiger partial charge < -0.3 is 14.6 Å². The molecular weight excluding hydrogens is 378 g/mol. The summed E-state index contributed by atoms with van der Waals surface area (Å²) in [4.78, 5) is 39.7. The Morgan fingerprint density at radius 2 is 1.89 bits per heavy atom. The van der Waals surface area contributed by atoms with Crippen molar-refractivity contribution in [2.45, 2.75) is 20.8 Å². The van der Waals surface area contributed by atoms with E-state index in [0.29, 0.717) is 10.7 Å². The van der Waals surface area contributed by atoms with Crippen LogP contribution in [0.15, 0.2) is 41.8 Å². The van der Waals surface area contributed by atoms with Gasteiger partial charge in [-0.15, -0.1) is 11.3 Å². The quantitative estimate of drug-likeness (QED) is 0.507. The molecule has 0 bridgehead atoms. The van der Waals surface area contributed by atoms with Crippen LogP contribution in [0, 0.1) is 13.8 Å². The van der Waals surface area contributed by atoms with Gasteiger partial charge in [-0.05, 0) is 32.0 Å². The van der Waals surface area contributed by atoms with Crippen LogP contribution in [0.5, 0.6) is 0 Å². The fourth-order valence-electron chi connectivity index (χ4n) is 2.88. The minimum atomic E-state index is -0.710. The molecule has 28 heavy (non-hydrogen) atoms. The van der Waals surface area contributed by atoms with Gasteiger partial charge in [-0.2, -0.15) is 0 Å². The maximum absolute atomic E-state index is 12.6. The van der Waals surface area contributed by atoms with Crippen LogP contribution in [-0.2, 0) is 9.53 Å². The molecule has 0 unspecified atom stereocenters. The van der Waals surface area contributed by atoms with Gasteiger partial charge in [0.1, 0.15) is 0 Å². The number of Topliss-reactive ketones (excluding diaryl/α,β-unsaturated/α-hetero) is 1. The van der Waals surface area contributed by atoms with Crippen LogP contribution in [0.2, 0.25) is 0 Å². The van der Waals surface area contributed by atoms with E-state index in [1.165, 1.54) is 12.3 Å². The highest BCUT2D eigenvalue weighted by molar-refractivity contribution is 7.14. The van der Waals surface area contributed by atoms with Crippen LogP contribution in [0.3, 0.4) is 0 Å². The van der Waals surface area contributed by atoms with Crippen molar-refractivity contribution < 1.29 is 19.1 Å². The molecule has 2 aromatic heterocycles. The van der Waals surface area contributed by atoms with Crippen LogP contribution in [0.1, 0.15) is 39.2 Å². The Labute approximate surface area is 166 Å². The number of hydrogen-bond acceptors (Lipinski definition) is 6. The van der Waals surface area contributed by atoms with Crippen molar-refractivity contribution in [3.05, 3.63) is 64.4 Å². The number of amides is 1. The average Bonchev–Trinajstić information content (AvgIpc) is 3.24. The van der Waals surface area contributed by atoms with Crippen molar-refractivity contribution in [3.63, 3.8) is 0 Å². The molecule has 3 aromatic rings. The lowest BCUT2D eigenvalue weighted by atomic mass is 10.1. The van der Waals surface area contributed by atoms with E-state index in [0.717, 1.165) is 28.4 Å². The molecule has 0 aliphatic rings. The van der Waals surface area contributed by atoms with Crippen molar-refractivity contribution in [1.29, 1.82) is 0 Å². The highest BCUT2D eigenvalue weighted by Gasteiger charge is 2.19. The third-order valence-corrected chi connectivity index (χ3v) is 4.83. The Morgan fingerprint density at radius 1 is 1.18 bits per heavy atom. The summed E-state index contributed by atoms with van der Waals surface area (Å²) < 4.78 is 7.09. The largest absolute Gasteiger partial charge is 0.453 e. The Morgan fingerprint density at radius 3 is 2.57 bits per heavy atom. The molecule has 0 radical (unpaired) electrons. The van der Waals surface area contributed by atoms with Gasteiger partial charge in [-0.25, -0.2) is 9.78 Å². The highest BCUT2D eigenvalue weighted by atomic mass is 32.1. The molecule has 1 amide bonds. The molecule has 7 nitrogen and oxygen atoms in total. The number of thiazole rings is 1. The van der Waals surface area contributed by atoms with Crippen molar-refractivity contribution >= 4 is 34.1 Å². The zero-order valence-corrected chi connectivity index (χ0v) is 16.5. The molecule has 3 rings (SSSR count). The van der Waals surface area contributed by atoms with Crippen LogP contribution < -0.4 is 5.32 Å². The van der Waals surface area contributed by atoms with Gasteiger partial charge in [0, 0.05) is 34.9 Å². The third kappa shape index (κ3) is 4.17. The maximum Gasteiger partial charge on any atom is 0.358 e. The highest BCUT2D eigenvalue weighted by Crippen LogP contribution is 2.21. The summed E-state index contributed by atoms with van der Waals surface area (Å²) in [6.07, 6.45) is 0. The first-order valence-corrected chi connectivity index (χ1v) is 9.42. The number of para-hydroxylation sites is 1. The normalized spacial score (nSPS) is 10.5. The lowest BCUT2D eigenvalue weighted by Gasteiger charge is -2.09. The smallest absolute Gasteiger partial charge is 0.358 e. The number of aryl methyl sites for hydroxylation is 1. The Kier molecular flexibility index (Phi) is 5.70. The summed E-state index contributed by atoms with van der Waals surface area (Å²) in [6, 6.07) is 11.5. The van der Waals surface area contributed by atoms with Gasteiger partial charge in [0.2, 0.25) is 11.7 Å². The number of aromatic nitrogens is 2. The standard InChI is InChI=1S/C20H19N3O4S/c1-12-9-16(13(2)23(12)15-7-5-4-6-8-15)18(25)10-27-19(26)17-11-28-20(22-17)21-14(3)24/h4-9,11H,10H2,1-3H3,(H,21,22,24). The molecule has 0 saturated carbocycles. The summed E-state index contributed by atoms with van der Waals surface area (Å²) in [5.74, 6) is -1.28. The number of carbonyl (C=O) groups excluding carboxylic acids is 3. The van der Waals surface area contributed by atoms with Crippen molar-refractivity contribution in [1.82, 2.24) is 9.55 Å². The van der Waals surface area contributed by atoms with Gasteiger partial charge in [0.25, 0.3) is 0 Å². The first-order chi connectivity index (χ1) is 13.4. The number of anilines is 1. The van der Waals surface area contributed by atoms with Crippen LogP contribution in [0.4, 0.5) is 5.13 Å². The molecule has 0 aliphatic carbocycles. The second-order valence-corrected chi connectivity index (χ2v) is 7.03.